The topological polar surface area (TPSA) is 101 Å². The second-order valence-electron chi connectivity index (χ2n) is 15.8. The first-order chi connectivity index (χ1) is 24.4. The number of Topliss-reactive ketones (excluding diaryl/α,β-unsaturated/α-hetero) is 2. The number of carbonyl (C=O) groups excluding carboxylic acids is 2. The summed E-state index contributed by atoms with van der Waals surface area (Å²) in [5, 5.41) is 0. The van der Waals surface area contributed by atoms with Crippen molar-refractivity contribution in [3.8, 4) is 0 Å². The predicted octanol–water partition coefficient (Wildman–Crippen LogP) is 12.5. The Balaban J connectivity index is 4.90. The molecule has 300 valence electrons. The van der Waals surface area contributed by atoms with Gasteiger partial charge in [-0.25, -0.2) is 4.57 Å². The van der Waals surface area contributed by atoms with Gasteiger partial charge in [-0.15, -0.1) is 0 Å². The predicted molar refractivity (Wildman–Crippen MR) is 217 cm³/mol. The molecule has 1 unspecified atom stereocenters. The molecule has 0 radical (unpaired) electrons. The van der Waals surface area contributed by atoms with Gasteiger partial charge >= 0.3 is 7.82 Å². The monoisotopic (exact) mass is 741 g/mol. The highest BCUT2D eigenvalue weighted by atomic mass is 31.2. The minimum atomic E-state index is -4.94. The van der Waals surface area contributed by atoms with Gasteiger partial charge in [0.2, 0.25) is 17.1 Å². The number of hydrogen-bond acceptors (Lipinski definition) is 4. The first kappa shape index (κ1) is 49.9. The average molecular weight is 741 g/mol. The lowest BCUT2D eigenvalue weighted by molar-refractivity contribution is -0.906. The minimum absolute atomic E-state index is 0.0562. The number of likely N-dealkylation sites (N-methyl/N-ethyl adjacent to an activating group) is 1. The van der Waals surface area contributed by atoms with Crippen LogP contribution in [-0.2, 0) is 18.7 Å². The molecule has 0 aromatic carbocycles. The number of carbonyl (C=O) groups is 2. The third kappa shape index (κ3) is 24.0. The molecule has 0 aromatic rings. The SMILES string of the molecule is CCCCCCCC/C=C\CCCCCCCC(=O)C(C(=O)CCCCCCC/C=C\CCCCCCCC)(C(CC)OP(=O)(O)O)[N+](C)(C)C. The molecular weight excluding hydrogens is 657 g/mol. The van der Waals surface area contributed by atoms with Crippen molar-refractivity contribution in [1.82, 2.24) is 0 Å². The lowest BCUT2D eigenvalue weighted by Crippen LogP contribution is -2.72. The van der Waals surface area contributed by atoms with Crippen LogP contribution in [-0.4, -0.2) is 58.6 Å². The summed E-state index contributed by atoms with van der Waals surface area (Å²) in [7, 11) is 0.403. The fraction of sp³-hybridized carbons (Fsp3) is 0.860. The molecule has 0 heterocycles. The third-order valence-corrected chi connectivity index (χ3v) is 10.9. The van der Waals surface area contributed by atoms with Crippen molar-refractivity contribution >= 4 is 19.4 Å². The maximum Gasteiger partial charge on any atom is 0.470 e. The van der Waals surface area contributed by atoms with E-state index in [0.717, 1.165) is 64.2 Å². The van der Waals surface area contributed by atoms with E-state index < -0.39 is 19.5 Å². The van der Waals surface area contributed by atoms with Crippen molar-refractivity contribution in [3.63, 3.8) is 0 Å². The number of rotatable bonds is 37. The lowest BCUT2D eigenvalue weighted by Gasteiger charge is -2.47. The van der Waals surface area contributed by atoms with Crippen LogP contribution in [0.15, 0.2) is 24.3 Å². The average Bonchev–Trinajstić information content (AvgIpc) is 3.06. The third-order valence-electron chi connectivity index (χ3n) is 10.3. The van der Waals surface area contributed by atoms with Gasteiger partial charge in [-0.1, -0.05) is 148 Å². The van der Waals surface area contributed by atoms with Crippen molar-refractivity contribution in [2.75, 3.05) is 21.1 Å². The molecule has 51 heavy (non-hydrogen) atoms. The molecule has 8 heteroatoms. The number of phosphoric acid groups is 1. The molecule has 0 saturated carbocycles. The molecule has 0 saturated heterocycles. The van der Waals surface area contributed by atoms with Crippen LogP contribution in [0.25, 0.3) is 0 Å². The summed E-state index contributed by atoms with van der Waals surface area (Å²) in [5.41, 5.74) is -1.67. The van der Waals surface area contributed by atoms with Crippen LogP contribution in [0.1, 0.15) is 207 Å². The van der Waals surface area contributed by atoms with Gasteiger partial charge in [0.25, 0.3) is 0 Å². The summed E-state index contributed by atoms with van der Waals surface area (Å²) in [4.78, 5) is 47.9. The first-order valence-corrected chi connectivity index (χ1v) is 22.8. The summed E-state index contributed by atoms with van der Waals surface area (Å²) in [6.07, 6.45) is 38.6. The van der Waals surface area contributed by atoms with Crippen LogP contribution in [0.5, 0.6) is 0 Å². The van der Waals surface area contributed by atoms with Gasteiger partial charge in [0, 0.05) is 12.8 Å². The fourth-order valence-corrected chi connectivity index (χ4v) is 8.03. The molecule has 2 N–H and O–H groups in total. The number of hydrogen-bond donors (Lipinski definition) is 2. The van der Waals surface area contributed by atoms with Gasteiger partial charge in [0.05, 0.1) is 21.1 Å². The quantitative estimate of drug-likeness (QED) is 0.0216. The largest absolute Gasteiger partial charge is 0.470 e. The molecule has 0 aliphatic rings. The van der Waals surface area contributed by atoms with E-state index in [4.69, 9.17) is 4.52 Å². The Bertz CT molecular complexity index is 914. The Morgan fingerprint density at radius 2 is 0.843 bits per heavy atom. The minimum Gasteiger partial charge on any atom is -0.311 e. The molecular formula is C43H83NO6P+. The van der Waals surface area contributed by atoms with Crippen LogP contribution >= 0.6 is 7.82 Å². The number of quaternary nitrogens is 1. The molecule has 1 atom stereocenters. The molecule has 7 nitrogen and oxygen atoms in total. The van der Waals surface area contributed by atoms with Crippen LogP contribution in [0.4, 0.5) is 0 Å². The standard InChI is InChI=1S/C43H82NO6P/c1-7-10-12-14-16-18-20-22-24-26-28-30-32-34-36-38-40(45)43(44(4,5)6,42(9-3)50-51(47,48)49)41(46)39-37-35-33-31-29-27-25-23-21-19-17-15-13-11-8-2/h22-25,42H,7-21,26-39H2,1-6H3,(H-,47,48,49)/p+1/b24-22-,25-23-. The van der Waals surface area contributed by atoms with E-state index in [0.29, 0.717) is 12.8 Å². The summed E-state index contributed by atoms with van der Waals surface area (Å²) in [6.45, 7) is 6.23. The zero-order chi connectivity index (χ0) is 38.3. The Labute approximate surface area is 315 Å². The molecule has 0 bridgehead atoms. The lowest BCUT2D eigenvalue weighted by atomic mass is 9.75. The van der Waals surface area contributed by atoms with Crippen molar-refractivity contribution in [3.05, 3.63) is 24.3 Å². The molecule has 0 spiro atoms. The van der Waals surface area contributed by atoms with Gasteiger partial charge in [-0.3, -0.25) is 14.1 Å². The number of ketones is 2. The van der Waals surface area contributed by atoms with Crippen LogP contribution < -0.4 is 0 Å². The second kappa shape index (κ2) is 31.3. The maximum absolute atomic E-state index is 14.1. The van der Waals surface area contributed by atoms with Crippen LogP contribution in [0.3, 0.4) is 0 Å². The highest BCUT2D eigenvalue weighted by Gasteiger charge is 2.62. The fourth-order valence-electron chi connectivity index (χ4n) is 7.40. The molecule has 0 fully saturated rings. The Morgan fingerprint density at radius 1 is 0.549 bits per heavy atom. The maximum atomic E-state index is 14.1. The number of allylic oxidation sites excluding steroid dienone is 4. The summed E-state index contributed by atoms with van der Waals surface area (Å²) < 4.78 is 17.3. The van der Waals surface area contributed by atoms with E-state index in [1.54, 1.807) is 28.1 Å². The molecule has 0 aliphatic heterocycles. The Morgan fingerprint density at radius 3 is 1.12 bits per heavy atom. The Kier molecular flexibility index (Phi) is 30.6. The zero-order valence-corrected chi connectivity index (χ0v) is 35.2. The summed E-state index contributed by atoms with van der Waals surface area (Å²) in [6, 6.07) is 0. The van der Waals surface area contributed by atoms with Crippen molar-refractivity contribution < 1.29 is 32.9 Å². The second-order valence-corrected chi connectivity index (χ2v) is 17.0. The Hall–Kier alpha value is -1.11. The van der Waals surface area contributed by atoms with E-state index in [-0.39, 0.29) is 35.3 Å². The van der Waals surface area contributed by atoms with E-state index >= 15 is 0 Å². The van der Waals surface area contributed by atoms with E-state index in [1.807, 2.05) is 0 Å². The zero-order valence-electron chi connectivity index (χ0n) is 34.3. The number of phosphoric ester groups is 1. The summed E-state index contributed by atoms with van der Waals surface area (Å²) >= 11 is 0. The molecule has 0 aliphatic carbocycles. The van der Waals surface area contributed by atoms with Gasteiger partial charge in [0.1, 0.15) is 6.10 Å². The van der Waals surface area contributed by atoms with Crippen molar-refractivity contribution in [2.45, 2.75) is 219 Å². The number of unbranched alkanes of at least 4 members (excludes halogenated alkanes) is 22. The van der Waals surface area contributed by atoms with Gasteiger partial charge in [-0.2, -0.15) is 0 Å². The van der Waals surface area contributed by atoms with Crippen molar-refractivity contribution in [2.24, 2.45) is 0 Å². The molecule has 0 aromatic heterocycles. The van der Waals surface area contributed by atoms with Gasteiger partial charge in [0.15, 0.2) is 0 Å². The van der Waals surface area contributed by atoms with E-state index in [9.17, 15) is 23.9 Å². The van der Waals surface area contributed by atoms with Crippen LogP contribution in [0.2, 0.25) is 0 Å². The highest BCUT2D eigenvalue weighted by Crippen LogP contribution is 2.44. The van der Waals surface area contributed by atoms with E-state index in [2.05, 4.69) is 38.2 Å². The molecule has 0 rings (SSSR count). The smallest absolute Gasteiger partial charge is 0.311 e. The van der Waals surface area contributed by atoms with E-state index in [1.165, 1.54) is 89.9 Å². The number of nitrogens with zero attached hydrogens (tertiary/aromatic N) is 1. The molecule has 0 amide bonds. The van der Waals surface area contributed by atoms with Crippen molar-refractivity contribution in [1.29, 1.82) is 0 Å². The highest BCUT2D eigenvalue weighted by molar-refractivity contribution is 7.46. The summed E-state index contributed by atoms with van der Waals surface area (Å²) in [5.74, 6) is -0.517. The van der Waals surface area contributed by atoms with Crippen LogP contribution in [0, 0.1) is 0 Å². The van der Waals surface area contributed by atoms with Gasteiger partial charge in [-0.05, 0) is 70.6 Å². The first-order valence-electron chi connectivity index (χ1n) is 21.3. The van der Waals surface area contributed by atoms with Gasteiger partial charge < -0.3 is 14.3 Å². The normalized spacial score (nSPS) is 13.5.